The summed E-state index contributed by atoms with van der Waals surface area (Å²) in [7, 11) is 0. The zero-order chi connectivity index (χ0) is 30.4. The summed E-state index contributed by atoms with van der Waals surface area (Å²) in [5, 5.41) is 20.5. The molecule has 2 aliphatic rings. The van der Waals surface area contributed by atoms with Gasteiger partial charge in [0, 0.05) is 55.6 Å². The van der Waals surface area contributed by atoms with Crippen LogP contribution >= 0.6 is 0 Å². The second-order valence-corrected chi connectivity index (χ2v) is 10.0. The smallest absolute Gasteiger partial charge is 0.341 e. The largest absolute Gasteiger partial charge is 0.477 e. The molecule has 4 aromatic rings. The first-order valence-electron chi connectivity index (χ1n) is 13.2. The van der Waals surface area contributed by atoms with Gasteiger partial charge in [-0.05, 0) is 54.1 Å². The summed E-state index contributed by atoms with van der Waals surface area (Å²) >= 11 is 0. The predicted octanol–water partition coefficient (Wildman–Crippen LogP) is 3.97. The Morgan fingerprint density at radius 3 is 2.21 bits per heavy atom. The molecule has 43 heavy (non-hydrogen) atoms. The minimum atomic E-state index is -1.47. The highest BCUT2D eigenvalue weighted by atomic mass is 19.1. The number of esters is 1. The Balaban J connectivity index is 1.33. The molecule has 0 unspecified atom stereocenters. The van der Waals surface area contributed by atoms with Crippen LogP contribution in [0.5, 0.6) is 0 Å². The maximum atomic E-state index is 15.5. The summed E-state index contributed by atoms with van der Waals surface area (Å²) < 4.78 is 35.8. The van der Waals surface area contributed by atoms with Crippen molar-refractivity contribution >= 4 is 39.8 Å². The zero-order valence-corrected chi connectivity index (χ0v) is 22.3. The molecule has 218 valence electrons. The third kappa shape index (κ3) is 4.94. The molecule has 2 aliphatic heterocycles. The number of hydrogen-bond acceptors (Lipinski definition) is 8. The minimum absolute atomic E-state index is 0.0331. The van der Waals surface area contributed by atoms with Gasteiger partial charge in [0.05, 0.1) is 27.4 Å². The first kappa shape index (κ1) is 27.6. The van der Waals surface area contributed by atoms with Gasteiger partial charge in [-0.3, -0.25) is 14.9 Å². The van der Waals surface area contributed by atoms with Crippen LogP contribution in [0.1, 0.15) is 15.9 Å². The fraction of sp³-hybridized carbons (Fsp3) is 0.167. The number of ether oxygens (including phenoxy) is 1. The Labute approximate surface area is 241 Å². The van der Waals surface area contributed by atoms with E-state index < -0.39 is 39.5 Å². The van der Waals surface area contributed by atoms with Gasteiger partial charge in [0.25, 0.3) is 5.69 Å². The number of aromatic nitrogens is 1. The summed E-state index contributed by atoms with van der Waals surface area (Å²) in [6.07, 6.45) is 1.14. The van der Waals surface area contributed by atoms with Crippen molar-refractivity contribution in [3.05, 3.63) is 116 Å². The van der Waals surface area contributed by atoms with E-state index in [0.29, 0.717) is 48.7 Å². The van der Waals surface area contributed by atoms with Crippen LogP contribution in [0.3, 0.4) is 0 Å². The standard InChI is InChI=1S/C30H22F2N4O7/c31-18-3-7-19(8-4-18)35-15-22(29(38)39)28(37)21-13-23(32)25(14-24(21)35)33-9-11-34(12-10-33)26-16-43-30(40)27(26)17-1-5-20(6-2-17)36(41)42/h1-8,13-15H,9-12,16H2,(H,38,39). The van der Waals surface area contributed by atoms with Crippen molar-refractivity contribution in [3.8, 4) is 5.69 Å². The quantitative estimate of drug-likeness (QED) is 0.202. The number of fused-ring (bicyclic) bond motifs is 1. The van der Waals surface area contributed by atoms with Crippen molar-refractivity contribution < 1.29 is 33.1 Å². The van der Waals surface area contributed by atoms with Crippen molar-refractivity contribution in [1.29, 1.82) is 0 Å². The number of pyridine rings is 1. The van der Waals surface area contributed by atoms with Gasteiger partial charge in [-0.2, -0.15) is 0 Å². The normalized spacial score (nSPS) is 15.3. The lowest BCUT2D eigenvalue weighted by Crippen LogP contribution is -2.46. The third-order valence-corrected chi connectivity index (χ3v) is 7.61. The van der Waals surface area contributed by atoms with Gasteiger partial charge in [0.15, 0.2) is 0 Å². The monoisotopic (exact) mass is 588 g/mol. The second kappa shape index (κ2) is 10.7. The van der Waals surface area contributed by atoms with E-state index in [2.05, 4.69) is 0 Å². The molecule has 1 saturated heterocycles. The fourth-order valence-corrected chi connectivity index (χ4v) is 5.44. The number of halogens is 2. The summed E-state index contributed by atoms with van der Waals surface area (Å²) in [5.41, 5.74) is 0.760. The Morgan fingerprint density at radius 2 is 1.58 bits per heavy atom. The molecule has 1 fully saturated rings. The number of carbonyl (C=O) groups is 2. The highest BCUT2D eigenvalue weighted by Gasteiger charge is 2.32. The van der Waals surface area contributed by atoms with E-state index in [1.165, 1.54) is 59.2 Å². The van der Waals surface area contributed by atoms with Crippen molar-refractivity contribution in [2.75, 3.05) is 37.7 Å². The number of nitrogens with zero attached hydrogens (tertiary/aromatic N) is 4. The van der Waals surface area contributed by atoms with Crippen LogP contribution in [-0.4, -0.2) is 64.2 Å². The van der Waals surface area contributed by atoms with Gasteiger partial charge in [-0.15, -0.1) is 0 Å². The predicted molar refractivity (Wildman–Crippen MR) is 151 cm³/mol. The molecule has 0 spiro atoms. The summed E-state index contributed by atoms with van der Waals surface area (Å²) in [6.45, 7) is 1.49. The Bertz CT molecular complexity index is 1900. The molecule has 1 aromatic heterocycles. The minimum Gasteiger partial charge on any atom is -0.477 e. The summed E-state index contributed by atoms with van der Waals surface area (Å²) in [4.78, 5) is 51.5. The zero-order valence-electron chi connectivity index (χ0n) is 22.3. The Kier molecular flexibility index (Phi) is 6.84. The van der Waals surface area contributed by atoms with Crippen LogP contribution in [0.4, 0.5) is 20.2 Å². The van der Waals surface area contributed by atoms with Crippen molar-refractivity contribution in [3.63, 3.8) is 0 Å². The van der Waals surface area contributed by atoms with Crippen molar-refractivity contribution in [1.82, 2.24) is 9.47 Å². The number of non-ortho nitro benzene ring substituents is 1. The number of benzene rings is 3. The van der Waals surface area contributed by atoms with E-state index in [4.69, 9.17) is 4.74 Å². The molecule has 1 N–H and O–H groups in total. The molecule has 0 amide bonds. The van der Waals surface area contributed by atoms with E-state index in [0.717, 1.165) is 12.3 Å². The van der Waals surface area contributed by atoms with Crippen LogP contribution in [-0.2, 0) is 9.53 Å². The number of hydrogen-bond donors (Lipinski definition) is 1. The number of nitro benzene ring substituents is 1. The van der Waals surface area contributed by atoms with Crippen LogP contribution in [0.2, 0.25) is 0 Å². The first-order chi connectivity index (χ1) is 20.6. The molecule has 0 saturated carbocycles. The van der Waals surface area contributed by atoms with E-state index in [1.807, 2.05) is 4.90 Å². The SMILES string of the molecule is O=C1OCC(N2CCN(c3cc4c(cc3F)c(=O)c(C(=O)O)cn4-c3ccc(F)cc3)CC2)=C1c1ccc([N+](=O)[O-])cc1. The van der Waals surface area contributed by atoms with Crippen LogP contribution in [0.25, 0.3) is 22.2 Å². The molecule has 0 bridgehead atoms. The Hall–Kier alpha value is -5.59. The molecule has 11 nitrogen and oxygen atoms in total. The van der Waals surface area contributed by atoms with E-state index >= 15 is 4.39 Å². The molecular weight excluding hydrogens is 566 g/mol. The van der Waals surface area contributed by atoms with Crippen LogP contribution in [0.15, 0.2) is 77.4 Å². The topological polar surface area (TPSA) is 135 Å². The first-order valence-corrected chi connectivity index (χ1v) is 13.2. The van der Waals surface area contributed by atoms with E-state index in [1.54, 1.807) is 4.90 Å². The Morgan fingerprint density at radius 1 is 0.930 bits per heavy atom. The number of piperazine rings is 1. The van der Waals surface area contributed by atoms with Crippen molar-refractivity contribution in [2.45, 2.75) is 0 Å². The number of nitro groups is 1. The van der Waals surface area contributed by atoms with Crippen LogP contribution < -0.4 is 10.3 Å². The maximum absolute atomic E-state index is 15.5. The molecular formula is C30H22F2N4O7. The van der Waals surface area contributed by atoms with Gasteiger partial charge >= 0.3 is 11.9 Å². The van der Waals surface area contributed by atoms with Gasteiger partial charge in [-0.25, -0.2) is 18.4 Å². The van der Waals surface area contributed by atoms with Gasteiger partial charge in [-0.1, -0.05) is 0 Å². The lowest BCUT2D eigenvalue weighted by atomic mass is 10.0. The number of carbonyl (C=O) groups excluding carboxylic acids is 1. The lowest BCUT2D eigenvalue weighted by Gasteiger charge is -2.38. The number of carboxylic acids is 1. The summed E-state index contributed by atoms with van der Waals surface area (Å²) in [6, 6.07) is 13.4. The third-order valence-electron chi connectivity index (χ3n) is 7.61. The van der Waals surface area contributed by atoms with Crippen LogP contribution in [0, 0.1) is 21.7 Å². The number of rotatable bonds is 6. The number of anilines is 1. The highest BCUT2D eigenvalue weighted by molar-refractivity contribution is 6.19. The average molecular weight is 589 g/mol. The van der Waals surface area contributed by atoms with E-state index in [-0.39, 0.29) is 28.9 Å². The number of cyclic esters (lactones) is 1. The summed E-state index contributed by atoms with van der Waals surface area (Å²) in [5.74, 6) is -3.22. The maximum Gasteiger partial charge on any atom is 0.341 e. The molecule has 0 aliphatic carbocycles. The van der Waals surface area contributed by atoms with Crippen molar-refractivity contribution in [2.24, 2.45) is 0 Å². The van der Waals surface area contributed by atoms with E-state index in [9.17, 15) is 34.0 Å². The van der Waals surface area contributed by atoms with Gasteiger partial charge in [0.1, 0.15) is 23.8 Å². The molecule has 6 rings (SSSR count). The number of carboxylic acid groups (broad SMARTS) is 1. The molecule has 0 atom stereocenters. The second-order valence-electron chi connectivity index (χ2n) is 10.0. The van der Waals surface area contributed by atoms with Gasteiger partial charge < -0.3 is 24.2 Å². The average Bonchev–Trinajstić information content (AvgIpc) is 3.39. The van der Waals surface area contributed by atoms with Gasteiger partial charge in [0.2, 0.25) is 5.43 Å². The molecule has 3 aromatic carbocycles. The molecule has 0 radical (unpaired) electrons. The fourth-order valence-electron chi connectivity index (χ4n) is 5.44. The highest BCUT2D eigenvalue weighted by Crippen LogP contribution is 2.32. The number of aromatic carboxylic acids is 1. The lowest BCUT2D eigenvalue weighted by molar-refractivity contribution is -0.384. The molecule has 3 heterocycles. The molecule has 13 heteroatoms.